The maximum Gasteiger partial charge on any atom is 0.278 e. The molecule has 0 fully saturated rings. The molecular formula is C6H2Cl2N2O2S. The van der Waals surface area contributed by atoms with Crippen LogP contribution >= 0.6 is 22.3 Å². The van der Waals surface area contributed by atoms with Crippen LogP contribution in [0.5, 0.6) is 0 Å². The largest absolute Gasteiger partial charge is 0.278 e. The van der Waals surface area contributed by atoms with E-state index in [1.54, 1.807) is 6.07 Å². The lowest BCUT2D eigenvalue weighted by Gasteiger charge is -1.96. The van der Waals surface area contributed by atoms with Gasteiger partial charge >= 0.3 is 0 Å². The summed E-state index contributed by atoms with van der Waals surface area (Å²) in [6.45, 7) is 0. The van der Waals surface area contributed by atoms with Crippen LogP contribution in [-0.2, 0) is 9.05 Å². The third-order valence-corrected chi connectivity index (χ3v) is 2.53. The van der Waals surface area contributed by atoms with E-state index in [0.717, 1.165) is 6.07 Å². The van der Waals surface area contributed by atoms with Crippen LogP contribution in [0, 0.1) is 11.3 Å². The molecule has 0 radical (unpaired) electrons. The summed E-state index contributed by atoms with van der Waals surface area (Å²) in [4.78, 5) is 3.46. The predicted molar refractivity (Wildman–Crippen MR) is 47.0 cm³/mol. The van der Waals surface area contributed by atoms with E-state index in [9.17, 15) is 8.42 Å². The summed E-state index contributed by atoms with van der Waals surface area (Å²) in [5.74, 6) is 0. The lowest BCUT2D eigenvalue weighted by Crippen LogP contribution is -1.96. The number of hydrogen-bond acceptors (Lipinski definition) is 4. The molecule has 0 N–H and O–H groups in total. The van der Waals surface area contributed by atoms with Crippen LogP contribution in [-0.4, -0.2) is 13.4 Å². The molecule has 0 atom stereocenters. The minimum absolute atomic E-state index is 0.0910. The second kappa shape index (κ2) is 3.50. The summed E-state index contributed by atoms with van der Waals surface area (Å²) in [5, 5.41) is 8.13. The molecule has 1 rings (SSSR count). The fraction of sp³-hybridized carbons (Fsp3) is 0. The number of hydrogen-bond donors (Lipinski definition) is 0. The van der Waals surface area contributed by atoms with Gasteiger partial charge in [-0.3, -0.25) is 0 Å². The molecule has 0 aliphatic rings. The highest BCUT2D eigenvalue weighted by molar-refractivity contribution is 8.13. The van der Waals surface area contributed by atoms with Crippen molar-refractivity contribution in [1.29, 1.82) is 5.26 Å². The van der Waals surface area contributed by atoms with Gasteiger partial charge in [0.15, 0.2) is 5.03 Å². The van der Waals surface area contributed by atoms with Gasteiger partial charge in [0.2, 0.25) is 0 Å². The standard InChI is InChI=1S/C6H2Cl2N2O2S/c7-4-1-5(3-9)10-6(2-4)13(8,11)12/h1-2H. The first-order chi connectivity index (χ1) is 5.93. The first kappa shape index (κ1) is 10.3. The zero-order chi connectivity index (χ0) is 10.1. The number of halogens is 2. The van der Waals surface area contributed by atoms with Crippen molar-refractivity contribution >= 4 is 31.3 Å². The summed E-state index contributed by atoms with van der Waals surface area (Å²) < 4.78 is 21.6. The van der Waals surface area contributed by atoms with Crippen LogP contribution in [0.3, 0.4) is 0 Å². The summed E-state index contributed by atoms with van der Waals surface area (Å²) >= 11 is 5.52. The summed E-state index contributed by atoms with van der Waals surface area (Å²) in [6.07, 6.45) is 0. The molecule has 0 aliphatic carbocycles. The Morgan fingerprint density at radius 1 is 1.46 bits per heavy atom. The molecule has 0 bridgehead atoms. The predicted octanol–water partition coefficient (Wildman–Crippen LogP) is 1.53. The molecule has 1 aromatic rings. The van der Waals surface area contributed by atoms with Crippen LogP contribution in [0.15, 0.2) is 17.2 Å². The van der Waals surface area contributed by atoms with Gasteiger partial charge < -0.3 is 0 Å². The number of pyridine rings is 1. The zero-order valence-corrected chi connectivity index (χ0v) is 8.36. The van der Waals surface area contributed by atoms with Crippen molar-refractivity contribution in [3.8, 4) is 6.07 Å². The van der Waals surface area contributed by atoms with E-state index >= 15 is 0 Å². The second-order valence-electron chi connectivity index (χ2n) is 2.06. The van der Waals surface area contributed by atoms with Crippen molar-refractivity contribution in [2.75, 3.05) is 0 Å². The molecule has 0 unspecified atom stereocenters. The van der Waals surface area contributed by atoms with Gasteiger partial charge in [0.1, 0.15) is 11.8 Å². The SMILES string of the molecule is N#Cc1cc(Cl)cc(S(=O)(=O)Cl)n1. The van der Waals surface area contributed by atoms with Gasteiger partial charge in [0, 0.05) is 15.7 Å². The van der Waals surface area contributed by atoms with Gasteiger partial charge in [-0.05, 0) is 12.1 Å². The van der Waals surface area contributed by atoms with E-state index in [2.05, 4.69) is 4.98 Å². The highest BCUT2D eigenvalue weighted by Crippen LogP contribution is 2.18. The Morgan fingerprint density at radius 3 is 2.54 bits per heavy atom. The number of aromatic nitrogens is 1. The van der Waals surface area contributed by atoms with Crippen LogP contribution in [0.1, 0.15) is 5.69 Å². The van der Waals surface area contributed by atoms with Crippen molar-refractivity contribution in [2.45, 2.75) is 5.03 Å². The highest BCUT2D eigenvalue weighted by Gasteiger charge is 2.13. The van der Waals surface area contributed by atoms with Gasteiger partial charge in [0.25, 0.3) is 9.05 Å². The van der Waals surface area contributed by atoms with Crippen LogP contribution in [0.2, 0.25) is 5.02 Å². The van der Waals surface area contributed by atoms with E-state index < -0.39 is 14.1 Å². The molecule has 0 amide bonds. The molecule has 68 valence electrons. The quantitative estimate of drug-likeness (QED) is 0.694. The molecule has 1 aromatic heterocycles. The zero-order valence-electron chi connectivity index (χ0n) is 6.03. The van der Waals surface area contributed by atoms with Crippen LogP contribution in [0.25, 0.3) is 0 Å². The molecule has 13 heavy (non-hydrogen) atoms. The first-order valence-electron chi connectivity index (χ1n) is 2.96. The molecule has 0 spiro atoms. The Kier molecular flexibility index (Phi) is 2.76. The van der Waals surface area contributed by atoms with Gasteiger partial charge in [-0.15, -0.1) is 0 Å². The molecule has 0 saturated heterocycles. The summed E-state index contributed by atoms with van der Waals surface area (Å²) in [5.41, 5.74) is -0.0910. The van der Waals surface area contributed by atoms with Gasteiger partial charge in [-0.1, -0.05) is 11.6 Å². The van der Waals surface area contributed by atoms with Crippen LogP contribution in [0.4, 0.5) is 0 Å². The Labute approximate surface area is 84.1 Å². The van der Waals surface area contributed by atoms with E-state index in [0.29, 0.717) is 0 Å². The Morgan fingerprint density at radius 2 is 2.08 bits per heavy atom. The van der Waals surface area contributed by atoms with E-state index in [1.165, 1.54) is 6.07 Å². The molecule has 7 heteroatoms. The minimum atomic E-state index is -3.93. The lowest BCUT2D eigenvalue weighted by molar-refractivity contribution is 0.606. The Bertz CT molecular complexity index is 478. The minimum Gasteiger partial charge on any atom is -0.224 e. The monoisotopic (exact) mass is 236 g/mol. The fourth-order valence-corrected chi connectivity index (χ4v) is 1.64. The molecular weight excluding hydrogens is 235 g/mol. The van der Waals surface area contributed by atoms with E-state index in [1.807, 2.05) is 0 Å². The fourth-order valence-electron chi connectivity index (χ4n) is 0.656. The van der Waals surface area contributed by atoms with Crippen molar-refractivity contribution in [3.63, 3.8) is 0 Å². The normalized spacial score (nSPS) is 10.8. The lowest BCUT2D eigenvalue weighted by atomic mass is 10.4. The van der Waals surface area contributed by atoms with E-state index in [4.69, 9.17) is 27.5 Å². The molecule has 1 heterocycles. The van der Waals surface area contributed by atoms with Crippen molar-refractivity contribution in [2.24, 2.45) is 0 Å². The second-order valence-corrected chi connectivity index (χ2v) is 5.01. The van der Waals surface area contributed by atoms with Crippen molar-refractivity contribution < 1.29 is 8.42 Å². The third kappa shape index (κ3) is 2.56. The van der Waals surface area contributed by atoms with Crippen molar-refractivity contribution in [1.82, 2.24) is 4.98 Å². The smallest absolute Gasteiger partial charge is 0.224 e. The maximum absolute atomic E-state index is 10.8. The molecule has 0 saturated carbocycles. The summed E-state index contributed by atoms with van der Waals surface area (Å²) in [6, 6.07) is 3.98. The average molecular weight is 237 g/mol. The summed E-state index contributed by atoms with van der Waals surface area (Å²) in [7, 11) is 1.07. The molecule has 4 nitrogen and oxygen atoms in total. The van der Waals surface area contributed by atoms with Gasteiger partial charge in [-0.25, -0.2) is 13.4 Å². The Hall–Kier alpha value is -0.830. The van der Waals surface area contributed by atoms with Crippen molar-refractivity contribution in [3.05, 3.63) is 22.8 Å². The number of rotatable bonds is 1. The first-order valence-corrected chi connectivity index (χ1v) is 5.64. The number of nitriles is 1. The number of nitrogens with zero attached hydrogens (tertiary/aromatic N) is 2. The van der Waals surface area contributed by atoms with Gasteiger partial charge in [0.05, 0.1) is 0 Å². The third-order valence-electron chi connectivity index (χ3n) is 1.13. The van der Waals surface area contributed by atoms with Gasteiger partial charge in [-0.2, -0.15) is 5.26 Å². The highest BCUT2D eigenvalue weighted by atomic mass is 35.7. The molecule has 0 aliphatic heterocycles. The Balaban J connectivity index is 3.44. The maximum atomic E-state index is 10.8. The average Bonchev–Trinajstić information content (AvgIpc) is 2.01. The van der Waals surface area contributed by atoms with Crippen LogP contribution < -0.4 is 0 Å². The van der Waals surface area contributed by atoms with E-state index in [-0.39, 0.29) is 10.7 Å². The molecule has 0 aromatic carbocycles. The topological polar surface area (TPSA) is 70.8 Å².